The van der Waals surface area contributed by atoms with E-state index >= 15 is 0 Å². The summed E-state index contributed by atoms with van der Waals surface area (Å²) in [5, 5.41) is 14.8. The highest BCUT2D eigenvalue weighted by Gasteiger charge is 2.12. The molecular formula is C19H17N3OS. The predicted octanol–water partition coefficient (Wildman–Crippen LogP) is 3.96. The maximum absolute atomic E-state index is 12.3. The predicted molar refractivity (Wildman–Crippen MR) is 97.5 cm³/mol. The van der Waals surface area contributed by atoms with E-state index < -0.39 is 5.91 Å². The number of carbonyl (C=O) groups is 1. The fourth-order valence-electron chi connectivity index (χ4n) is 1.86. The van der Waals surface area contributed by atoms with E-state index in [0.29, 0.717) is 12.2 Å². The number of hydrogen-bond acceptors (Lipinski definition) is 4. The maximum atomic E-state index is 12.3. The smallest absolute Gasteiger partial charge is 0.267 e. The van der Waals surface area contributed by atoms with Gasteiger partial charge >= 0.3 is 0 Å². The SMILES string of the molecule is C=CCN/C=C(/C#N)C(=O)Nc1ccccc1Sc1ccccc1. The fraction of sp³-hybridized carbons (Fsp3) is 0.0526. The summed E-state index contributed by atoms with van der Waals surface area (Å²) in [6.45, 7) is 4.05. The molecule has 5 heteroatoms. The van der Waals surface area contributed by atoms with Gasteiger partial charge in [-0.3, -0.25) is 4.79 Å². The Bertz CT molecular complexity index is 779. The Labute approximate surface area is 145 Å². The average molecular weight is 335 g/mol. The van der Waals surface area contributed by atoms with Crippen LogP contribution in [0.15, 0.2) is 88.8 Å². The minimum absolute atomic E-state index is 0.0105. The van der Waals surface area contributed by atoms with Crippen molar-refractivity contribution in [2.75, 3.05) is 11.9 Å². The minimum Gasteiger partial charge on any atom is -0.386 e. The van der Waals surface area contributed by atoms with Crippen molar-refractivity contribution >= 4 is 23.4 Å². The molecule has 24 heavy (non-hydrogen) atoms. The van der Waals surface area contributed by atoms with Crippen LogP contribution in [-0.2, 0) is 4.79 Å². The van der Waals surface area contributed by atoms with Gasteiger partial charge in [-0.2, -0.15) is 5.26 Å². The van der Waals surface area contributed by atoms with Crippen LogP contribution in [-0.4, -0.2) is 12.5 Å². The maximum Gasteiger partial charge on any atom is 0.267 e. The summed E-state index contributed by atoms with van der Waals surface area (Å²) in [6, 6.07) is 19.3. The lowest BCUT2D eigenvalue weighted by molar-refractivity contribution is -0.112. The van der Waals surface area contributed by atoms with Crippen molar-refractivity contribution in [3.05, 3.63) is 79.0 Å². The third-order valence-electron chi connectivity index (χ3n) is 2.98. The molecule has 4 nitrogen and oxygen atoms in total. The summed E-state index contributed by atoms with van der Waals surface area (Å²) in [7, 11) is 0. The van der Waals surface area contributed by atoms with Gasteiger partial charge in [0.25, 0.3) is 5.91 Å². The molecule has 0 saturated heterocycles. The lowest BCUT2D eigenvalue weighted by atomic mass is 10.2. The van der Waals surface area contributed by atoms with Crippen LogP contribution in [0.2, 0.25) is 0 Å². The monoisotopic (exact) mass is 335 g/mol. The molecule has 0 atom stereocenters. The van der Waals surface area contributed by atoms with Gasteiger partial charge in [-0.05, 0) is 24.3 Å². The molecule has 0 aliphatic rings. The van der Waals surface area contributed by atoms with E-state index in [9.17, 15) is 4.79 Å². The highest BCUT2D eigenvalue weighted by atomic mass is 32.2. The second-order valence-electron chi connectivity index (χ2n) is 4.73. The Balaban J connectivity index is 2.15. The van der Waals surface area contributed by atoms with E-state index in [4.69, 9.17) is 5.26 Å². The van der Waals surface area contributed by atoms with Crippen molar-refractivity contribution in [2.24, 2.45) is 0 Å². The summed E-state index contributed by atoms with van der Waals surface area (Å²) in [4.78, 5) is 14.2. The third kappa shape index (κ3) is 5.04. The Morgan fingerprint density at radius 1 is 1.17 bits per heavy atom. The van der Waals surface area contributed by atoms with Gasteiger partial charge < -0.3 is 10.6 Å². The molecule has 0 radical (unpaired) electrons. The first-order valence-electron chi connectivity index (χ1n) is 7.32. The van der Waals surface area contributed by atoms with E-state index in [1.165, 1.54) is 6.20 Å². The molecule has 120 valence electrons. The van der Waals surface area contributed by atoms with Crippen LogP contribution in [0.25, 0.3) is 0 Å². The fourth-order valence-corrected chi connectivity index (χ4v) is 2.78. The number of para-hydroxylation sites is 1. The molecule has 0 heterocycles. The van der Waals surface area contributed by atoms with Crippen LogP contribution in [0.1, 0.15) is 0 Å². The molecule has 0 spiro atoms. The number of amides is 1. The van der Waals surface area contributed by atoms with Crippen molar-refractivity contribution in [3.63, 3.8) is 0 Å². The Morgan fingerprint density at radius 3 is 2.58 bits per heavy atom. The molecule has 0 saturated carbocycles. The highest BCUT2D eigenvalue weighted by molar-refractivity contribution is 7.99. The zero-order chi connectivity index (χ0) is 17.2. The first-order valence-corrected chi connectivity index (χ1v) is 8.14. The normalized spacial score (nSPS) is 10.5. The summed E-state index contributed by atoms with van der Waals surface area (Å²) in [6.07, 6.45) is 3.04. The zero-order valence-corrected chi connectivity index (χ0v) is 13.8. The van der Waals surface area contributed by atoms with Gasteiger partial charge in [-0.25, -0.2) is 0 Å². The molecule has 0 aliphatic heterocycles. The number of anilines is 1. The van der Waals surface area contributed by atoms with Crippen LogP contribution in [0, 0.1) is 11.3 Å². The van der Waals surface area contributed by atoms with E-state index in [0.717, 1.165) is 9.79 Å². The van der Waals surface area contributed by atoms with E-state index in [1.54, 1.807) is 17.8 Å². The molecular weight excluding hydrogens is 318 g/mol. The van der Waals surface area contributed by atoms with Crippen LogP contribution < -0.4 is 10.6 Å². The lowest BCUT2D eigenvalue weighted by Crippen LogP contribution is -2.17. The van der Waals surface area contributed by atoms with Gasteiger partial charge in [0.15, 0.2) is 0 Å². The first-order chi connectivity index (χ1) is 11.7. The molecule has 0 aliphatic carbocycles. The summed E-state index contributed by atoms with van der Waals surface area (Å²) in [5.74, 6) is -0.449. The molecule has 2 aromatic carbocycles. The van der Waals surface area contributed by atoms with Crippen LogP contribution >= 0.6 is 11.8 Å². The van der Waals surface area contributed by atoms with Gasteiger partial charge in [0.05, 0.1) is 5.69 Å². The molecule has 0 aromatic heterocycles. The van der Waals surface area contributed by atoms with Crippen LogP contribution in [0.3, 0.4) is 0 Å². The zero-order valence-electron chi connectivity index (χ0n) is 13.0. The lowest BCUT2D eigenvalue weighted by Gasteiger charge is -2.10. The standard InChI is InChI=1S/C19H17N3OS/c1-2-12-21-14-15(13-20)19(23)22-17-10-6-7-11-18(17)24-16-8-4-3-5-9-16/h2-11,14,21H,1,12H2,(H,22,23)/b15-14-. The number of rotatable bonds is 7. The Hall–Kier alpha value is -2.97. The van der Waals surface area contributed by atoms with Crippen molar-refractivity contribution < 1.29 is 4.79 Å². The van der Waals surface area contributed by atoms with Crippen molar-refractivity contribution in [1.82, 2.24) is 5.32 Å². The Kier molecular flexibility index (Phi) is 6.69. The second kappa shape index (κ2) is 9.23. The highest BCUT2D eigenvalue weighted by Crippen LogP contribution is 2.33. The molecule has 2 rings (SSSR count). The number of benzene rings is 2. The molecule has 2 N–H and O–H groups in total. The minimum atomic E-state index is -0.449. The molecule has 0 fully saturated rings. The number of nitriles is 1. The van der Waals surface area contributed by atoms with E-state index in [1.807, 2.05) is 60.7 Å². The number of carbonyl (C=O) groups excluding carboxylic acids is 1. The summed E-state index contributed by atoms with van der Waals surface area (Å²) >= 11 is 1.55. The second-order valence-corrected chi connectivity index (χ2v) is 5.85. The largest absolute Gasteiger partial charge is 0.386 e. The molecule has 2 aromatic rings. The van der Waals surface area contributed by atoms with Gasteiger partial charge in [-0.15, -0.1) is 6.58 Å². The quantitative estimate of drug-likeness (QED) is 0.348. The number of hydrogen-bond donors (Lipinski definition) is 2. The average Bonchev–Trinajstić information content (AvgIpc) is 2.61. The van der Waals surface area contributed by atoms with E-state index in [2.05, 4.69) is 17.2 Å². The molecule has 1 amide bonds. The number of nitrogens with one attached hydrogen (secondary N) is 2. The van der Waals surface area contributed by atoms with Gasteiger partial charge in [-0.1, -0.05) is 48.2 Å². The molecule has 0 bridgehead atoms. The first kappa shape index (κ1) is 17.4. The van der Waals surface area contributed by atoms with E-state index in [-0.39, 0.29) is 5.57 Å². The van der Waals surface area contributed by atoms with Crippen LogP contribution in [0.4, 0.5) is 5.69 Å². The van der Waals surface area contributed by atoms with Crippen molar-refractivity contribution in [2.45, 2.75) is 9.79 Å². The van der Waals surface area contributed by atoms with Crippen LogP contribution in [0.5, 0.6) is 0 Å². The van der Waals surface area contributed by atoms with Gasteiger partial charge in [0.1, 0.15) is 11.6 Å². The summed E-state index contributed by atoms with van der Waals surface area (Å²) in [5.41, 5.74) is 0.678. The third-order valence-corrected chi connectivity index (χ3v) is 4.06. The topological polar surface area (TPSA) is 64.9 Å². The van der Waals surface area contributed by atoms with Crippen molar-refractivity contribution in [1.29, 1.82) is 5.26 Å². The van der Waals surface area contributed by atoms with Gasteiger partial charge in [0.2, 0.25) is 0 Å². The summed E-state index contributed by atoms with van der Waals surface area (Å²) < 4.78 is 0. The van der Waals surface area contributed by atoms with Gasteiger partial charge in [0, 0.05) is 22.5 Å². The number of nitrogens with zero attached hydrogens (tertiary/aromatic N) is 1. The Morgan fingerprint density at radius 2 is 1.88 bits per heavy atom. The molecule has 0 unspecified atom stereocenters. The van der Waals surface area contributed by atoms with Crippen molar-refractivity contribution in [3.8, 4) is 6.07 Å².